The van der Waals surface area contributed by atoms with Crippen molar-refractivity contribution in [3.05, 3.63) is 35.4 Å². The molecule has 0 saturated carbocycles. The molecule has 0 aliphatic heterocycles. The van der Waals surface area contributed by atoms with Crippen LogP contribution in [0.25, 0.3) is 0 Å². The summed E-state index contributed by atoms with van der Waals surface area (Å²) in [5, 5.41) is 0. The summed E-state index contributed by atoms with van der Waals surface area (Å²) in [7, 11) is 0. The van der Waals surface area contributed by atoms with E-state index in [1.54, 1.807) is 0 Å². The van der Waals surface area contributed by atoms with Gasteiger partial charge in [0, 0.05) is 0 Å². The van der Waals surface area contributed by atoms with Crippen LogP contribution in [0.3, 0.4) is 0 Å². The van der Waals surface area contributed by atoms with Crippen LogP contribution in [0.4, 0.5) is 4.39 Å². The van der Waals surface area contributed by atoms with Crippen LogP contribution in [0.2, 0.25) is 0 Å². The second kappa shape index (κ2) is 5.12. The third kappa shape index (κ3) is 2.80. The van der Waals surface area contributed by atoms with Crippen LogP contribution in [-0.2, 0) is 0 Å². The van der Waals surface area contributed by atoms with Gasteiger partial charge in [-0.1, -0.05) is 29.8 Å². The standard InChI is InChI=1S/C9H12FN.ClH/c1-7-2-4-8(5-3-7)9(11)6-10;/h2-5,9H,6,11H2,1H3;1H/t9-;/m0./s1. The van der Waals surface area contributed by atoms with Crippen LogP contribution >= 0.6 is 12.4 Å². The molecular weight excluding hydrogens is 177 g/mol. The lowest BCUT2D eigenvalue weighted by atomic mass is 10.1. The lowest BCUT2D eigenvalue weighted by Gasteiger charge is -2.06. The van der Waals surface area contributed by atoms with Gasteiger partial charge in [0.15, 0.2) is 0 Å². The Hall–Kier alpha value is -0.600. The molecule has 0 radical (unpaired) electrons. The topological polar surface area (TPSA) is 26.0 Å². The monoisotopic (exact) mass is 189 g/mol. The quantitative estimate of drug-likeness (QED) is 0.760. The minimum Gasteiger partial charge on any atom is -0.322 e. The highest BCUT2D eigenvalue weighted by Crippen LogP contribution is 2.10. The van der Waals surface area contributed by atoms with E-state index in [9.17, 15) is 4.39 Å². The fraction of sp³-hybridized carbons (Fsp3) is 0.333. The van der Waals surface area contributed by atoms with E-state index in [0.717, 1.165) is 5.56 Å². The van der Waals surface area contributed by atoms with Crippen LogP contribution in [-0.4, -0.2) is 6.67 Å². The number of nitrogens with two attached hydrogens (primary N) is 1. The van der Waals surface area contributed by atoms with Crippen molar-refractivity contribution in [3.63, 3.8) is 0 Å². The molecule has 0 heterocycles. The lowest BCUT2D eigenvalue weighted by Crippen LogP contribution is -2.11. The zero-order valence-corrected chi connectivity index (χ0v) is 7.77. The van der Waals surface area contributed by atoms with E-state index in [2.05, 4.69) is 0 Å². The number of alkyl halides is 1. The van der Waals surface area contributed by atoms with E-state index in [-0.39, 0.29) is 12.4 Å². The molecule has 0 saturated heterocycles. The van der Waals surface area contributed by atoms with E-state index in [0.29, 0.717) is 0 Å². The number of halogens is 2. The average molecular weight is 190 g/mol. The molecule has 1 aromatic carbocycles. The van der Waals surface area contributed by atoms with Gasteiger partial charge in [-0.05, 0) is 12.5 Å². The zero-order chi connectivity index (χ0) is 8.27. The molecule has 0 spiro atoms. The molecule has 0 amide bonds. The number of hydrogen-bond donors (Lipinski definition) is 1. The molecule has 0 aliphatic carbocycles. The summed E-state index contributed by atoms with van der Waals surface area (Å²) in [5.74, 6) is 0. The first-order valence-electron chi connectivity index (χ1n) is 3.62. The Morgan fingerprint density at radius 3 is 2.25 bits per heavy atom. The Bertz CT molecular complexity index is 222. The van der Waals surface area contributed by atoms with E-state index < -0.39 is 12.7 Å². The van der Waals surface area contributed by atoms with E-state index >= 15 is 0 Å². The Balaban J connectivity index is 0.00000121. The van der Waals surface area contributed by atoms with E-state index in [1.807, 2.05) is 31.2 Å². The van der Waals surface area contributed by atoms with Crippen molar-refractivity contribution in [2.45, 2.75) is 13.0 Å². The molecule has 0 unspecified atom stereocenters. The molecular formula is C9H13ClFN. The van der Waals surface area contributed by atoms with Crippen molar-refractivity contribution in [1.29, 1.82) is 0 Å². The summed E-state index contributed by atoms with van der Waals surface area (Å²) in [5.41, 5.74) is 7.50. The molecule has 0 fully saturated rings. The van der Waals surface area contributed by atoms with Crippen molar-refractivity contribution in [3.8, 4) is 0 Å². The van der Waals surface area contributed by atoms with Gasteiger partial charge in [-0.3, -0.25) is 0 Å². The van der Waals surface area contributed by atoms with Crippen molar-refractivity contribution in [1.82, 2.24) is 0 Å². The molecule has 0 bridgehead atoms. The highest BCUT2D eigenvalue weighted by Gasteiger charge is 2.02. The summed E-state index contributed by atoms with van der Waals surface area (Å²) < 4.78 is 12.0. The van der Waals surface area contributed by atoms with E-state index in [1.165, 1.54) is 5.56 Å². The normalized spacial score (nSPS) is 11.9. The molecule has 1 rings (SSSR count). The van der Waals surface area contributed by atoms with Gasteiger partial charge in [0.25, 0.3) is 0 Å². The maximum atomic E-state index is 12.0. The molecule has 1 aromatic rings. The van der Waals surface area contributed by atoms with Crippen LogP contribution in [0.5, 0.6) is 0 Å². The van der Waals surface area contributed by atoms with Gasteiger partial charge in [0.2, 0.25) is 0 Å². The SMILES string of the molecule is Cc1ccc([C@@H](N)CF)cc1.Cl. The Morgan fingerprint density at radius 2 is 1.83 bits per heavy atom. The summed E-state index contributed by atoms with van der Waals surface area (Å²) in [6.07, 6.45) is 0. The van der Waals surface area contributed by atoms with Crippen molar-refractivity contribution < 1.29 is 4.39 Å². The highest BCUT2D eigenvalue weighted by atomic mass is 35.5. The largest absolute Gasteiger partial charge is 0.322 e. The number of hydrogen-bond acceptors (Lipinski definition) is 1. The van der Waals surface area contributed by atoms with Gasteiger partial charge in [-0.25, -0.2) is 4.39 Å². The summed E-state index contributed by atoms with van der Waals surface area (Å²) in [4.78, 5) is 0. The molecule has 12 heavy (non-hydrogen) atoms. The van der Waals surface area contributed by atoms with E-state index in [4.69, 9.17) is 5.73 Å². The third-order valence-corrected chi connectivity index (χ3v) is 1.67. The first kappa shape index (κ1) is 11.4. The Morgan fingerprint density at radius 1 is 1.33 bits per heavy atom. The van der Waals surface area contributed by atoms with Gasteiger partial charge >= 0.3 is 0 Å². The second-order valence-electron chi connectivity index (χ2n) is 2.67. The molecule has 1 atom stereocenters. The van der Waals surface area contributed by atoms with Gasteiger partial charge in [-0.2, -0.15) is 0 Å². The fourth-order valence-electron chi connectivity index (χ4n) is 0.903. The average Bonchev–Trinajstić information content (AvgIpc) is 2.05. The number of benzene rings is 1. The molecule has 0 aliphatic rings. The molecule has 68 valence electrons. The van der Waals surface area contributed by atoms with Gasteiger partial charge in [0.1, 0.15) is 6.67 Å². The molecule has 3 heteroatoms. The van der Waals surface area contributed by atoms with Crippen LogP contribution in [0, 0.1) is 6.92 Å². The minimum absolute atomic E-state index is 0. The number of rotatable bonds is 2. The summed E-state index contributed by atoms with van der Waals surface area (Å²) in [6, 6.07) is 7.13. The summed E-state index contributed by atoms with van der Waals surface area (Å²) >= 11 is 0. The first-order valence-corrected chi connectivity index (χ1v) is 3.62. The van der Waals surface area contributed by atoms with Crippen molar-refractivity contribution >= 4 is 12.4 Å². The Labute approximate surface area is 78.2 Å². The molecule has 2 N–H and O–H groups in total. The second-order valence-corrected chi connectivity index (χ2v) is 2.67. The summed E-state index contributed by atoms with van der Waals surface area (Å²) in [6.45, 7) is 1.49. The van der Waals surface area contributed by atoms with Crippen LogP contribution < -0.4 is 5.73 Å². The predicted octanol–water partition coefficient (Wildman–Crippen LogP) is 2.39. The maximum Gasteiger partial charge on any atom is 0.109 e. The lowest BCUT2D eigenvalue weighted by molar-refractivity contribution is 0.437. The van der Waals surface area contributed by atoms with Crippen molar-refractivity contribution in [2.75, 3.05) is 6.67 Å². The highest BCUT2D eigenvalue weighted by molar-refractivity contribution is 5.85. The smallest absolute Gasteiger partial charge is 0.109 e. The number of aryl methyl sites for hydroxylation is 1. The Kier molecular flexibility index (Phi) is 4.86. The predicted molar refractivity (Wildman–Crippen MR) is 51.3 cm³/mol. The van der Waals surface area contributed by atoms with Crippen LogP contribution in [0.1, 0.15) is 17.2 Å². The molecule has 0 aromatic heterocycles. The van der Waals surface area contributed by atoms with Crippen LogP contribution in [0.15, 0.2) is 24.3 Å². The van der Waals surface area contributed by atoms with Gasteiger partial charge < -0.3 is 5.73 Å². The van der Waals surface area contributed by atoms with Gasteiger partial charge in [0.05, 0.1) is 6.04 Å². The fourth-order valence-corrected chi connectivity index (χ4v) is 0.903. The molecule has 1 nitrogen and oxygen atoms in total. The zero-order valence-electron chi connectivity index (χ0n) is 6.96. The third-order valence-electron chi connectivity index (χ3n) is 1.67. The van der Waals surface area contributed by atoms with Crippen molar-refractivity contribution in [2.24, 2.45) is 5.73 Å². The first-order chi connectivity index (χ1) is 5.24. The maximum absolute atomic E-state index is 12.0. The van der Waals surface area contributed by atoms with Gasteiger partial charge in [-0.15, -0.1) is 12.4 Å². The minimum atomic E-state index is -0.497.